The first kappa shape index (κ1) is 24.3. The second-order valence-corrected chi connectivity index (χ2v) is 8.32. The maximum absolute atomic E-state index is 13.1. The first-order valence-electron chi connectivity index (χ1n) is 11.5. The zero-order chi connectivity index (χ0) is 24.6. The Morgan fingerprint density at radius 1 is 1.00 bits per heavy atom. The highest BCUT2D eigenvalue weighted by atomic mass is 16.6. The van der Waals surface area contributed by atoms with E-state index < -0.39 is 12.0 Å². The van der Waals surface area contributed by atoms with Crippen LogP contribution in [0.4, 0.5) is 4.79 Å². The van der Waals surface area contributed by atoms with Crippen molar-refractivity contribution in [3.05, 3.63) is 95.6 Å². The number of ether oxygens (including phenoxy) is 4. The number of hydrogen-bond donors (Lipinski definition) is 0. The fraction of sp³-hybridized carbons (Fsp3) is 0.286. The molecule has 0 N–H and O–H groups in total. The molecule has 0 spiro atoms. The van der Waals surface area contributed by atoms with Crippen LogP contribution in [0.25, 0.3) is 0 Å². The van der Waals surface area contributed by atoms with Crippen LogP contribution >= 0.6 is 0 Å². The zero-order valence-electron chi connectivity index (χ0n) is 19.9. The minimum atomic E-state index is -0.581. The summed E-state index contributed by atoms with van der Waals surface area (Å²) in [4.78, 5) is 26.5. The molecule has 1 saturated heterocycles. The van der Waals surface area contributed by atoms with Crippen LogP contribution in [0.5, 0.6) is 11.5 Å². The van der Waals surface area contributed by atoms with Gasteiger partial charge in [-0.15, -0.1) is 0 Å². The molecule has 3 aromatic rings. The average molecular weight is 476 g/mol. The molecule has 2 bridgehead atoms. The summed E-state index contributed by atoms with van der Waals surface area (Å²) >= 11 is 0. The lowest BCUT2D eigenvalue weighted by molar-refractivity contribution is -0.132. The molecule has 3 aromatic carbocycles. The molecule has 2 atom stereocenters. The summed E-state index contributed by atoms with van der Waals surface area (Å²) < 4.78 is 20.7. The van der Waals surface area contributed by atoms with Crippen LogP contribution in [0.2, 0.25) is 0 Å². The number of benzene rings is 3. The molecule has 0 aliphatic carbocycles. The highest BCUT2D eigenvalue weighted by Crippen LogP contribution is 2.33. The fourth-order valence-corrected chi connectivity index (χ4v) is 4.18. The maximum atomic E-state index is 13.1. The second-order valence-electron chi connectivity index (χ2n) is 8.32. The molecule has 1 fully saturated rings. The van der Waals surface area contributed by atoms with E-state index in [0.717, 1.165) is 22.6 Å². The van der Waals surface area contributed by atoms with Crippen molar-refractivity contribution in [2.45, 2.75) is 25.0 Å². The number of carbonyl (C=O) groups excluding carboxylic acids is 2. The highest BCUT2D eigenvalue weighted by molar-refractivity contribution is 5.97. The van der Waals surface area contributed by atoms with Crippen LogP contribution in [-0.2, 0) is 27.3 Å². The van der Waals surface area contributed by atoms with Gasteiger partial charge in [0.05, 0.1) is 25.7 Å². The Morgan fingerprint density at radius 3 is 2.26 bits per heavy atom. The minimum Gasteiger partial charge on any atom is -0.493 e. The van der Waals surface area contributed by atoms with Gasteiger partial charge in [0, 0.05) is 7.11 Å². The number of hydrogen-bond acceptors (Lipinski definition) is 6. The molecule has 7 heteroatoms. The molecule has 0 aromatic heterocycles. The summed E-state index contributed by atoms with van der Waals surface area (Å²) in [7, 11) is 3.20. The molecule has 0 saturated carbocycles. The SMILES string of the molecule is COCC(C(=O)N1C(=O)OCC1Cc1ccccc1)c1ccccc1.COc1cc2ccc1OC2. The van der Waals surface area contributed by atoms with E-state index >= 15 is 0 Å². The van der Waals surface area contributed by atoms with E-state index in [1.165, 1.54) is 10.5 Å². The monoisotopic (exact) mass is 475 g/mol. The summed E-state index contributed by atoms with van der Waals surface area (Å²) in [6.45, 7) is 1.12. The van der Waals surface area contributed by atoms with Gasteiger partial charge in [-0.25, -0.2) is 9.69 Å². The van der Waals surface area contributed by atoms with Gasteiger partial charge in [-0.3, -0.25) is 4.79 Å². The summed E-state index contributed by atoms with van der Waals surface area (Å²) in [5.74, 6) is 0.868. The molecule has 3 aliphatic heterocycles. The van der Waals surface area contributed by atoms with Crippen LogP contribution in [0.3, 0.4) is 0 Å². The average Bonchev–Trinajstić information content (AvgIpc) is 3.28. The van der Waals surface area contributed by atoms with E-state index in [2.05, 4.69) is 0 Å². The smallest absolute Gasteiger partial charge is 0.417 e. The Morgan fingerprint density at radius 2 is 1.71 bits per heavy atom. The molecule has 2 amide bonds. The minimum absolute atomic E-state index is 0.213. The third-order valence-corrected chi connectivity index (χ3v) is 5.97. The highest BCUT2D eigenvalue weighted by Gasteiger charge is 2.41. The number of cyclic esters (lactones) is 1. The molecule has 3 aliphatic rings. The molecule has 182 valence electrons. The number of carbonyl (C=O) groups is 2. The van der Waals surface area contributed by atoms with Gasteiger partial charge in [-0.1, -0.05) is 66.7 Å². The summed E-state index contributed by atoms with van der Waals surface area (Å²) in [6, 6.07) is 24.8. The first-order chi connectivity index (χ1) is 17.1. The van der Waals surface area contributed by atoms with E-state index in [1.807, 2.05) is 78.9 Å². The van der Waals surface area contributed by atoms with Gasteiger partial charge in [-0.2, -0.15) is 0 Å². The van der Waals surface area contributed by atoms with Crippen LogP contribution in [0.15, 0.2) is 78.9 Å². The normalized spacial score (nSPS) is 16.6. The van der Waals surface area contributed by atoms with E-state index in [9.17, 15) is 9.59 Å². The largest absolute Gasteiger partial charge is 0.493 e. The fourth-order valence-electron chi connectivity index (χ4n) is 4.18. The van der Waals surface area contributed by atoms with Crippen molar-refractivity contribution in [3.63, 3.8) is 0 Å². The summed E-state index contributed by atoms with van der Waals surface area (Å²) in [6.07, 6.45) is -0.00439. The summed E-state index contributed by atoms with van der Waals surface area (Å²) in [5, 5.41) is 0. The van der Waals surface area contributed by atoms with Gasteiger partial charge < -0.3 is 18.9 Å². The van der Waals surface area contributed by atoms with E-state index in [0.29, 0.717) is 13.0 Å². The van der Waals surface area contributed by atoms with Crippen molar-refractivity contribution in [3.8, 4) is 11.5 Å². The Labute approximate surface area is 205 Å². The lowest BCUT2D eigenvalue weighted by atomic mass is 9.97. The first-order valence-corrected chi connectivity index (χ1v) is 11.5. The Kier molecular flexibility index (Phi) is 8.00. The van der Waals surface area contributed by atoms with Gasteiger partial charge in [0.1, 0.15) is 13.2 Å². The topological polar surface area (TPSA) is 74.3 Å². The Bertz CT molecular complexity index is 1130. The van der Waals surface area contributed by atoms with Gasteiger partial charge in [-0.05, 0) is 35.2 Å². The van der Waals surface area contributed by atoms with Crippen molar-refractivity contribution < 1.29 is 28.5 Å². The molecule has 7 nitrogen and oxygen atoms in total. The Balaban J connectivity index is 0.000000239. The van der Waals surface area contributed by atoms with Crippen molar-refractivity contribution in [2.75, 3.05) is 27.4 Å². The number of rotatable bonds is 7. The quantitative estimate of drug-likeness (QED) is 0.498. The Hall–Kier alpha value is -3.84. The van der Waals surface area contributed by atoms with Gasteiger partial charge >= 0.3 is 6.09 Å². The van der Waals surface area contributed by atoms with Crippen molar-refractivity contribution >= 4 is 12.0 Å². The van der Waals surface area contributed by atoms with Crippen LogP contribution < -0.4 is 9.47 Å². The predicted octanol–water partition coefficient (Wildman–Crippen LogP) is 4.59. The molecule has 3 heterocycles. The predicted molar refractivity (Wildman–Crippen MR) is 131 cm³/mol. The number of imide groups is 1. The third-order valence-electron chi connectivity index (χ3n) is 5.97. The standard InChI is InChI=1S/C20H21NO4.C8H8O2/c1-24-14-18(16-10-6-3-7-11-16)19(22)21-17(13-25-20(21)23)12-15-8-4-2-5-9-15;1-9-8-4-6-2-3-7(8)10-5-6/h2-11,17-18H,12-14H2,1H3;2-4H,5H2,1H3. The maximum Gasteiger partial charge on any atom is 0.417 e. The van der Waals surface area contributed by atoms with Crippen molar-refractivity contribution in [1.29, 1.82) is 0 Å². The van der Waals surface area contributed by atoms with Crippen LogP contribution in [0.1, 0.15) is 22.6 Å². The van der Waals surface area contributed by atoms with Gasteiger partial charge in [0.15, 0.2) is 11.5 Å². The molecule has 6 rings (SSSR count). The zero-order valence-corrected chi connectivity index (χ0v) is 19.9. The lowest BCUT2D eigenvalue weighted by Crippen LogP contribution is -2.43. The van der Waals surface area contributed by atoms with Crippen LogP contribution in [-0.4, -0.2) is 50.4 Å². The van der Waals surface area contributed by atoms with Crippen LogP contribution in [0, 0.1) is 0 Å². The van der Waals surface area contributed by atoms with E-state index in [1.54, 1.807) is 14.2 Å². The number of nitrogens with zero attached hydrogens (tertiary/aromatic N) is 1. The van der Waals surface area contributed by atoms with E-state index in [4.69, 9.17) is 18.9 Å². The number of methoxy groups -OCH3 is 2. The van der Waals surface area contributed by atoms with Gasteiger partial charge in [0.2, 0.25) is 5.91 Å². The molecule has 2 unspecified atom stereocenters. The van der Waals surface area contributed by atoms with Gasteiger partial charge in [0.25, 0.3) is 0 Å². The molecular formula is C28H29NO6. The van der Waals surface area contributed by atoms with Crippen molar-refractivity contribution in [1.82, 2.24) is 4.90 Å². The number of amides is 2. The molecular weight excluding hydrogens is 446 g/mol. The lowest BCUT2D eigenvalue weighted by Gasteiger charge is -2.25. The third kappa shape index (κ3) is 5.81. The molecule has 0 radical (unpaired) electrons. The molecule has 35 heavy (non-hydrogen) atoms. The number of fused-ring (bicyclic) bond motifs is 3. The van der Waals surface area contributed by atoms with E-state index in [-0.39, 0.29) is 25.2 Å². The second kappa shape index (κ2) is 11.5. The van der Waals surface area contributed by atoms with Crippen molar-refractivity contribution in [2.24, 2.45) is 0 Å². The summed E-state index contributed by atoms with van der Waals surface area (Å²) in [5.41, 5.74) is 3.06.